The topological polar surface area (TPSA) is 12.9 Å². The second kappa shape index (κ2) is 3.86. The molecule has 0 saturated carbocycles. The molecule has 0 amide bonds. The van der Waals surface area contributed by atoms with E-state index in [2.05, 4.69) is 4.98 Å². The van der Waals surface area contributed by atoms with Crippen LogP contribution in [0, 0.1) is 0 Å². The highest BCUT2D eigenvalue weighted by molar-refractivity contribution is 5.15. The van der Waals surface area contributed by atoms with E-state index in [1.807, 2.05) is 19.1 Å². The van der Waals surface area contributed by atoms with Crippen LogP contribution in [0.4, 0.5) is 4.39 Å². The summed E-state index contributed by atoms with van der Waals surface area (Å²) in [7, 11) is 0. The van der Waals surface area contributed by atoms with Crippen LogP contribution in [-0.4, -0.2) is 10.7 Å². The van der Waals surface area contributed by atoms with Crippen LogP contribution in [0.5, 0.6) is 0 Å². The molecule has 1 atom stereocenters. The number of aromatic nitrogens is 1. The molecular formula is C11H16FN. The predicted molar refractivity (Wildman–Crippen MR) is 52.5 cm³/mol. The van der Waals surface area contributed by atoms with Crippen LogP contribution in [0.3, 0.4) is 0 Å². The molecule has 1 aromatic heterocycles. The minimum atomic E-state index is -1.09. The van der Waals surface area contributed by atoms with Crippen LogP contribution in [0.1, 0.15) is 38.7 Å². The lowest BCUT2D eigenvalue weighted by molar-refractivity contribution is 0.190. The van der Waals surface area contributed by atoms with Gasteiger partial charge in [-0.1, -0.05) is 6.92 Å². The van der Waals surface area contributed by atoms with E-state index in [9.17, 15) is 4.39 Å². The molecule has 0 aliphatic rings. The Morgan fingerprint density at radius 1 is 1.38 bits per heavy atom. The molecule has 2 heteroatoms. The summed E-state index contributed by atoms with van der Waals surface area (Å²) in [6.45, 7) is 5.27. The molecule has 0 N–H and O–H groups in total. The van der Waals surface area contributed by atoms with Gasteiger partial charge in [0, 0.05) is 12.4 Å². The quantitative estimate of drug-likeness (QED) is 0.697. The highest BCUT2D eigenvalue weighted by atomic mass is 19.1. The van der Waals surface area contributed by atoms with Crippen molar-refractivity contribution in [3.8, 4) is 0 Å². The van der Waals surface area contributed by atoms with Crippen LogP contribution < -0.4 is 0 Å². The van der Waals surface area contributed by atoms with E-state index in [0.717, 1.165) is 5.56 Å². The molecule has 0 aliphatic carbocycles. The van der Waals surface area contributed by atoms with Crippen molar-refractivity contribution >= 4 is 0 Å². The number of nitrogens with zero attached hydrogens (tertiary/aromatic N) is 1. The van der Waals surface area contributed by atoms with Crippen LogP contribution in [0.15, 0.2) is 24.5 Å². The molecule has 1 aromatic rings. The zero-order valence-corrected chi connectivity index (χ0v) is 8.42. The average Bonchev–Trinajstić information content (AvgIpc) is 2.03. The maximum absolute atomic E-state index is 13.3. The lowest BCUT2D eigenvalue weighted by Crippen LogP contribution is -2.15. The number of alkyl halides is 1. The van der Waals surface area contributed by atoms with E-state index in [-0.39, 0.29) is 5.92 Å². The summed E-state index contributed by atoms with van der Waals surface area (Å²) in [4.78, 5) is 3.93. The number of halogens is 1. The Morgan fingerprint density at radius 3 is 2.38 bits per heavy atom. The van der Waals surface area contributed by atoms with Gasteiger partial charge in [-0.05, 0) is 43.9 Å². The zero-order chi connectivity index (χ0) is 9.90. The van der Waals surface area contributed by atoms with Gasteiger partial charge >= 0.3 is 0 Å². The minimum Gasteiger partial charge on any atom is -0.265 e. The number of pyridine rings is 1. The van der Waals surface area contributed by atoms with Crippen molar-refractivity contribution in [1.82, 2.24) is 4.98 Å². The standard InChI is InChI=1S/C11H16FN/c1-9(8-11(2,3)12)10-4-6-13-7-5-10/h4-7,9H,8H2,1-3H3. The van der Waals surface area contributed by atoms with Crippen molar-refractivity contribution in [1.29, 1.82) is 0 Å². The van der Waals surface area contributed by atoms with Crippen LogP contribution in [0.2, 0.25) is 0 Å². The summed E-state index contributed by atoms with van der Waals surface area (Å²) in [6.07, 6.45) is 4.05. The normalized spacial score (nSPS) is 14.2. The summed E-state index contributed by atoms with van der Waals surface area (Å²) >= 11 is 0. The Balaban J connectivity index is 2.64. The third kappa shape index (κ3) is 3.53. The van der Waals surface area contributed by atoms with Gasteiger partial charge in [0.05, 0.1) is 0 Å². The number of hydrogen-bond acceptors (Lipinski definition) is 1. The van der Waals surface area contributed by atoms with Gasteiger partial charge in [-0.15, -0.1) is 0 Å². The van der Waals surface area contributed by atoms with Gasteiger partial charge in [0.1, 0.15) is 5.67 Å². The fourth-order valence-electron chi connectivity index (χ4n) is 1.54. The van der Waals surface area contributed by atoms with Gasteiger partial charge in [0.15, 0.2) is 0 Å². The number of rotatable bonds is 3. The van der Waals surface area contributed by atoms with Gasteiger partial charge in [0.25, 0.3) is 0 Å². The molecule has 0 spiro atoms. The first-order chi connectivity index (χ1) is 5.99. The van der Waals surface area contributed by atoms with Crippen molar-refractivity contribution < 1.29 is 4.39 Å². The Morgan fingerprint density at radius 2 is 1.92 bits per heavy atom. The molecule has 1 heterocycles. The molecule has 1 nitrogen and oxygen atoms in total. The average molecular weight is 181 g/mol. The Labute approximate surface area is 79.0 Å². The molecule has 1 unspecified atom stereocenters. The smallest absolute Gasteiger partial charge is 0.106 e. The first kappa shape index (κ1) is 10.2. The van der Waals surface area contributed by atoms with Crippen molar-refractivity contribution in [2.75, 3.05) is 0 Å². The van der Waals surface area contributed by atoms with Gasteiger partial charge < -0.3 is 0 Å². The van der Waals surface area contributed by atoms with E-state index in [4.69, 9.17) is 0 Å². The largest absolute Gasteiger partial charge is 0.265 e. The fraction of sp³-hybridized carbons (Fsp3) is 0.545. The molecule has 0 radical (unpaired) electrons. The van der Waals surface area contributed by atoms with Gasteiger partial charge in [-0.25, -0.2) is 4.39 Å². The second-order valence-corrected chi connectivity index (χ2v) is 4.10. The van der Waals surface area contributed by atoms with Crippen molar-refractivity contribution in [3.63, 3.8) is 0 Å². The van der Waals surface area contributed by atoms with E-state index in [0.29, 0.717) is 6.42 Å². The molecule has 1 rings (SSSR count). The third-order valence-electron chi connectivity index (χ3n) is 2.07. The Kier molecular flexibility index (Phi) is 3.02. The molecular weight excluding hydrogens is 165 g/mol. The van der Waals surface area contributed by atoms with Crippen molar-refractivity contribution in [2.45, 2.75) is 38.8 Å². The summed E-state index contributed by atoms with van der Waals surface area (Å²) in [6, 6.07) is 3.88. The minimum absolute atomic E-state index is 0.253. The summed E-state index contributed by atoms with van der Waals surface area (Å²) in [5.74, 6) is 0.253. The van der Waals surface area contributed by atoms with E-state index >= 15 is 0 Å². The van der Waals surface area contributed by atoms with Gasteiger partial charge in [-0.3, -0.25) is 4.98 Å². The van der Waals surface area contributed by atoms with E-state index in [1.165, 1.54) is 0 Å². The van der Waals surface area contributed by atoms with E-state index < -0.39 is 5.67 Å². The monoisotopic (exact) mass is 181 g/mol. The maximum Gasteiger partial charge on any atom is 0.106 e. The first-order valence-electron chi connectivity index (χ1n) is 4.58. The molecule has 0 fully saturated rings. The lowest BCUT2D eigenvalue weighted by atomic mass is 9.91. The zero-order valence-electron chi connectivity index (χ0n) is 8.42. The molecule has 13 heavy (non-hydrogen) atoms. The summed E-state index contributed by atoms with van der Waals surface area (Å²) < 4.78 is 13.3. The SMILES string of the molecule is CC(CC(C)(C)F)c1ccncc1. The van der Waals surface area contributed by atoms with Crippen LogP contribution in [0.25, 0.3) is 0 Å². The fourth-order valence-corrected chi connectivity index (χ4v) is 1.54. The molecule has 0 bridgehead atoms. The van der Waals surface area contributed by atoms with Gasteiger partial charge in [-0.2, -0.15) is 0 Å². The maximum atomic E-state index is 13.3. The molecule has 72 valence electrons. The predicted octanol–water partition coefficient (Wildman–Crippen LogP) is 3.32. The Hall–Kier alpha value is -0.920. The molecule has 0 aromatic carbocycles. The van der Waals surface area contributed by atoms with Crippen LogP contribution >= 0.6 is 0 Å². The molecule has 0 saturated heterocycles. The second-order valence-electron chi connectivity index (χ2n) is 4.10. The van der Waals surface area contributed by atoms with Crippen molar-refractivity contribution in [3.05, 3.63) is 30.1 Å². The van der Waals surface area contributed by atoms with Gasteiger partial charge in [0.2, 0.25) is 0 Å². The first-order valence-corrected chi connectivity index (χ1v) is 4.58. The number of hydrogen-bond donors (Lipinski definition) is 0. The highest BCUT2D eigenvalue weighted by Gasteiger charge is 2.20. The van der Waals surface area contributed by atoms with Crippen LogP contribution in [-0.2, 0) is 0 Å². The van der Waals surface area contributed by atoms with Crippen molar-refractivity contribution in [2.24, 2.45) is 0 Å². The third-order valence-corrected chi connectivity index (χ3v) is 2.07. The summed E-state index contributed by atoms with van der Waals surface area (Å²) in [5, 5.41) is 0. The lowest BCUT2D eigenvalue weighted by Gasteiger charge is -2.19. The summed E-state index contributed by atoms with van der Waals surface area (Å²) in [5.41, 5.74) is 0.0589. The molecule has 0 aliphatic heterocycles. The van der Waals surface area contributed by atoms with E-state index in [1.54, 1.807) is 26.2 Å². The Bertz CT molecular complexity index is 251. The highest BCUT2D eigenvalue weighted by Crippen LogP contribution is 2.27.